The summed E-state index contributed by atoms with van der Waals surface area (Å²) in [5.74, 6) is -1.18. The molecule has 0 spiro atoms. The Morgan fingerprint density at radius 2 is 1.74 bits per heavy atom. The molecule has 1 saturated heterocycles. The first-order valence-electron chi connectivity index (χ1n) is 13.8. The second-order valence-electron chi connectivity index (χ2n) is 10.5. The zero-order valence-electron chi connectivity index (χ0n) is 23.5. The minimum Gasteiger partial charge on any atom is -0.479 e. The minimum atomic E-state index is -0.709. The summed E-state index contributed by atoms with van der Waals surface area (Å²) >= 11 is 1.28. The number of hydrogen-bond acceptors (Lipinski definition) is 7. The van der Waals surface area contributed by atoms with E-state index in [-0.39, 0.29) is 13.0 Å². The van der Waals surface area contributed by atoms with Gasteiger partial charge >= 0.3 is 6.09 Å². The normalized spacial score (nSPS) is 15.3. The van der Waals surface area contributed by atoms with E-state index in [2.05, 4.69) is 44.2 Å². The Labute approximate surface area is 248 Å². The topological polar surface area (TPSA) is 99.0 Å². The zero-order chi connectivity index (χ0) is 29.6. The van der Waals surface area contributed by atoms with Gasteiger partial charge in [0, 0.05) is 16.2 Å². The van der Waals surface area contributed by atoms with Crippen LogP contribution < -0.4 is 4.74 Å². The lowest BCUT2D eigenvalue weighted by molar-refractivity contribution is -0.483. The van der Waals surface area contributed by atoms with Crippen molar-refractivity contribution in [2.24, 2.45) is 0 Å². The van der Waals surface area contributed by atoms with Gasteiger partial charge in [-0.3, -0.25) is 14.9 Å². The van der Waals surface area contributed by atoms with E-state index < -0.39 is 35.4 Å². The van der Waals surface area contributed by atoms with Crippen molar-refractivity contribution in [1.82, 2.24) is 4.90 Å². The fourth-order valence-corrected chi connectivity index (χ4v) is 6.37. The van der Waals surface area contributed by atoms with Gasteiger partial charge in [-0.2, -0.15) is 0 Å². The maximum absolute atomic E-state index is 13.3. The molecule has 1 aliphatic heterocycles. The van der Waals surface area contributed by atoms with Gasteiger partial charge in [-0.25, -0.2) is 9.69 Å². The van der Waals surface area contributed by atoms with Crippen molar-refractivity contribution < 1.29 is 24.0 Å². The highest BCUT2D eigenvalue weighted by molar-refractivity contribution is 7.13. The van der Waals surface area contributed by atoms with Crippen molar-refractivity contribution in [3.8, 4) is 16.2 Å². The first-order valence-corrected chi connectivity index (χ1v) is 14.6. The number of nitro groups is 1. The highest BCUT2D eigenvalue weighted by Gasteiger charge is 2.39. The van der Waals surface area contributed by atoms with Crippen molar-refractivity contribution in [2.45, 2.75) is 45.3 Å². The monoisotopic (exact) mass is 584 g/mol. The molecule has 3 aromatic carbocycles. The Morgan fingerprint density at radius 3 is 2.48 bits per heavy atom. The van der Waals surface area contributed by atoms with E-state index in [4.69, 9.17) is 9.47 Å². The molecule has 2 heterocycles. The molecule has 0 saturated carbocycles. The number of hydrogen-bond donors (Lipinski definition) is 0. The highest BCUT2D eigenvalue weighted by atomic mass is 32.1. The van der Waals surface area contributed by atoms with Crippen LogP contribution >= 0.6 is 11.3 Å². The molecule has 216 valence electrons. The molecular weight excluding hydrogens is 552 g/mol. The number of amides is 2. The Bertz CT molecular complexity index is 1560. The van der Waals surface area contributed by atoms with Gasteiger partial charge in [0.2, 0.25) is 12.5 Å². The third-order valence-electron chi connectivity index (χ3n) is 7.42. The second kappa shape index (κ2) is 13.0. The summed E-state index contributed by atoms with van der Waals surface area (Å²) in [6, 6.07) is 27.1. The fourth-order valence-electron chi connectivity index (χ4n) is 5.42. The van der Waals surface area contributed by atoms with Crippen molar-refractivity contribution in [1.29, 1.82) is 0 Å². The van der Waals surface area contributed by atoms with Gasteiger partial charge in [0.05, 0.1) is 12.0 Å². The van der Waals surface area contributed by atoms with Crippen LogP contribution in [-0.2, 0) is 22.6 Å². The lowest BCUT2D eigenvalue weighted by Gasteiger charge is -2.21. The van der Waals surface area contributed by atoms with Gasteiger partial charge in [0.1, 0.15) is 13.2 Å². The molecule has 9 heteroatoms. The molecule has 0 aliphatic carbocycles. The number of thiophene rings is 1. The van der Waals surface area contributed by atoms with E-state index in [0.717, 1.165) is 21.6 Å². The Hall–Kier alpha value is -4.50. The Morgan fingerprint density at radius 1 is 1.02 bits per heavy atom. The summed E-state index contributed by atoms with van der Waals surface area (Å²) in [7, 11) is 0. The van der Waals surface area contributed by atoms with E-state index in [0.29, 0.717) is 23.0 Å². The third-order valence-corrected chi connectivity index (χ3v) is 8.58. The summed E-state index contributed by atoms with van der Waals surface area (Å²) in [4.78, 5) is 38.7. The van der Waals surface area contributed by atoms with E-state index >= 15 is 0 Å². The van der Waals surface area contributed by atoms with Crippen LogP contribution in [0.1, 0.15) is 39.5 Å². The average molecular weight is 585 g/mol. The summed E-state index contributed by atoms with van der Waals surface area (Å²) in [6.07, 6.45) is -0.432. The lowest BCUT2D eigenvalue weighted by Crippen LogP contribution is -2.41. The minimum absolute atomic E-state index is 0.0982. The van der Waals surface area contributed by atoms with Crippen LogP contribution in [0.5, 0.6) is 5.06 Å². The van der Waals surface area contributed by atoms with Gasteiger partial charge in [0.15, 0.2) is 5.06 Å². The van der Waals surface area contributed by atoms with Crippen molar-refractivity contribution in [2.75, 3.05) is 13.2 Å². The highest BCUT2D eigenvalue weighted by Crippen LogP contribution is 2.34. The molecule has 2 atom stereocenters. The first-order chi connectivity index (χ1) is 20.3. The molecule has 0 bridgehead atoms. The molecule has 1 fully saturated rings. The number of ether oxygens (including phenoxy) is 2. The molecule has 1 aliphatic rings. The lowest BCUT2D eigenvalue weighted by atomic mass is 9.95. The zero-order valence-corrected chi connectivity index (χ0v) is 24.3. The predicted octanol–water partition coefficient (Wildman–Crippen LogP) is 6.95. The third kappa shape index (κ3) is 6.86. The molecule has 42 heavy (non-hydrogen) atoms. The molecule has 0 N–H and O–H groups in total. The second-order valence-corrected chi connectivity index (χ2v) is 11.6. The maximum atomic E-state index is 13.3. The average Bonchev–Trinajstić information content (AvgIpc) is 3.58. The fraction of sp³-hybridized carbons (Fsp3) is 0.273. The van der Waals surface area contributed by atoms with Crippen molar-refractivity contribution in [3.05, 3.63) is 122 Å². The van der Waals surface area contributed by atoms with Gasteiger partial charge in [-0.1, -0.05) is 66.7 Å². The SMILES string of the molecule is Cc1cccc(C)c1-c1cccc(COc2ccc(C(CC(=O)N3C(=O)OCC3Cc3ccccc3)C[N+](=O)[O-])s2)c1. The van der Waals surface area contributed by atoms with Crippen LogP contribution in [0.25, 0.3) is 11.1 Å². The van der Waals surface area contributed by atoms with Gasteiger partial charge in [-0.15, -0.1) is 11.3 Å². The molecule has 8 nitrogen and oxygen atoms in total. The predicted molar refractivity (Wildman–Crippen MR) is 161 cm³/mol. The number of carbonyl (C=O) groups excluding carboxylic acids is 2. The van der Waals surface area contributed by atoms with Crippen LogP contribution in [0.3, 0.4) is 0 Å². The maximum Gasteiger partial charge on any atom is 0.416 e. The number of benzene rings is 3. The van der Waals surface area contributed by atoms with Gasteiger partial charge in [-0.05, 0) is 71.8 Å². The van der Waals surface area contributed by atoms with Crippen molar-refractivity contribution in [3.63, 3.8) is 0 Å². The van der Waals surface area contributed by atoms with Crippen LogP contribution in [0.4, 0.5) is 4.79 Å². The smallest absolute Gasteiger partial charge is 0.416 e. The summed E-state index contributed by atoms with van der Waals surface area (Å²) in [6.45, 7) is 4.19. The van der Waals surface area contributed by atoms with Gasteiger partial charge < -0.3 is 9.47 Å². The van der Waals surface area contributed by atoms with Crippen LogP contribution in [0, 0.1) is 24.0 Å². The summed E-state index contributed by atoms with van der Waals surface area (Å²) in [5, 5.41) is 12.1. The molecule has 0 radical (unpaired) electrons. The number of rotatable bonds is 11. The molecule has 2 amide bonds. The van der Waals surface area contributed by atoms with Crippen LogP contribution in [0.2, 0.25) is 0 Å². The quantitative estimate of drug-likeness (QED) is 0.140. The van der Waals surface area contributed by atoms with Crippen LogP contribution in [0.15, 0.2) is 84.9 Å². The van der Waals surface area contributed by atoms with E-state index in [1.54, 1.807) is 12.1 Å². The Kier molecular flexibility index (Phi) is 8.97. The van der Waals surface area contributed by atoms with Crippen molar-refractivity contribution >= 4 is 23.3 Å². The number of carbonyl (C=O) groups is 2. The number of nitrogens with zero attached hydrogens (tertiary/aromatic N) is 2. The van der Waals surface area contributed by atoms with Gasteiger partial charge in [0.25, 0.3) is 0 Å². The summed E-state index contributed by atoms with van der Waals surface area (Å²) < 4.78 is 11.2. The molecular formula is C33H32N2O6S. The summed E-state index contributed by atoms with van der Waals surface area (Å²) in [5.41, 5.74) is 6.71. The first kappa shape index (κ1) is 29.0. The largest absolute Gasteiger partial charge is 0.479 e. The number of aryl methyl sites for hydroxylation is 2. The Balaban J connectivity index is 1.26. The number of imide groups is 1. The number of cyclic esters (lactones) is 1. The van der Waals surface area contributed by atoms with E-state index in [1.807, 2.05) is 42.5 Å². The molecule has 4 aromatic rings. The van der Waals surface area contributed by atoms with E-state index in [9.17, 15) is 19.7 Å². The van der Waals surface area contributed by atoms with E-state index in [1.165, 1.54) is 28.0 Å². The molecule has 5 rings (SSSR count). The standard InChI is InChI=1S/C33H32N2O6S/c1-22-8-6-9-23(2)32(22)26-13-7-12-25(16-26)20-40-31-15-14-29(42-31)27(19-34(38)39)18-30(36)35-28(21-41-33(35)37)17-24-10-4-3-5-11-24/h3-16,27-28H,17-21H2,1-2H3. The van der Waals surface area contributed by atoms with Crippen LogP contribution in [-0.4, -0.2) is 41.0 Å². The molecule has 2 unspecified atom stereocenters. The molecule has 1 aromatic heterocycles.